The van der Waals surface area contributed by atoms with Crippen molar-refractivity contribution in [1.82, 2.24) is 9.80 Å². The van der Waals surface area contributed by atoms with Crippen molar-refractivity contribution >= 4 is 11.9 Å². The summed E-state index contributed by atoms with van der Waals surface area (Å²) in [6, 6.07) is 3.84. The first kappa shape index (κ1) is 31.8. The molecule has 0 unspecified atom stereocenters. The molecule has 5 nitrogen and oxygen atoms in total. The molecule has 1 saturated heterocycles. The molecule has 0 spiro atoms. The summed E-state index contributed by atoms with van der Waals surface area (Å²) in [5, 5.41) is 0. The van der Waals surface area contributed by atoms with Gasteiger partial charge < -0.3 is 14.5 Å². The van der Waals surface area contributed by atoms with Gasteiger partial charge in [-0.05, 0) is 70.5 Å². The topological polar surface area (TPSA) is 49.9 Å². The van der Waals surface area contributed by atoms with Crippen molar-refractivity contribution in [3.05, 3.63) is 58.7 Å². The lowest BCUT2D eigenvalue weighted by Crippen LogP contribution is -2.47. The number of unbranched alkanes of at least 4 members (excludes halogenated alkanes) is 9. The number of nitrogens with zero attached hydrogens (tertiary/aromatic N) is 2. The van der Waals surface area contributed by atoms with Crippen molar-refractivity contribution in [1.29, 1.82) is 0 Å². The Morgan fingerprint density at radius 3 is 1.95 bits per heavy atom. The first-order chi connectivity index (χ1) is 18.5. The molecule has 0 bridgehead atoms. The summed E-state index contributed by atoms with van der Waals surface area (Å²) in [7, 11) is 2.07. The third kappa shape index (κ3) is 11.6. The average Bonchev–Trinajstić information content (AvgIpc) is 2.91. The molecule has 1 aromatic carbocycles. The van der Waals surface area contributed by atoms with E-state index in [4.69, 9.17) is 4.74 Å². The lowest BCUT2D eigenvalue weighted by molar-refractivity contribution is 0.0486. The normalized spacial score (nSPS) is 14.6. The van der Waals surface area contributed by atoms with Crippen molar-refractivity contribution in [3.63, 3.8) is 0 Å². The molecule has 2 rings (SSSR count). The van der Waals surface area contributed by atoms with Crippen LogP contribution >= 0.6 is 0 Å². The molecule has 212 valence electrons. The van der Waals surface area contributed by atoms with Crippen molar-refractivity contribution in [2.24, 2.45) is 0 Å². The van der Waals surface area contributed by atoms with Crippen LogP contribution in [0, 0.1) is 13.8 Å². The molecule has 1 aliphatic rings. The molecule has 0 saturated carbocycles. The first-order valence-electron chi connectivity index (χ1n) is 15.0. The molecular weight excluding hydrogens is 472 g/mol. The summed E-state index contributed by atoms with van der Waals surface area (Å²) in [4.78, 5) is 30.4. The molecule has 1 fully saturated rings. The van der Waals surface area contributed by atoms with E-state index in [-0.39, 0.29) is 11.9 Å². The fraction of sp³-hybridized carbons (Fsp3) is 0.636. The number of likely N-dealkylation sites (N-methyl/N-ethyl adjacent to an activating group) is 1. The van der Waals surface area contributed by atoms with Crippen molar-refractivity contribution in [2.45, 2.75) is 97.8 Å². The summed E-state index contributed by atoms with van der Waals surface area (Å²) < 4.78 is 5.65. The zero-order valence-corrected chi connectivity index (χ0v) is 24.6. The van der Waals surface area contributed by atoms with Crippen molar-refractivity contribution in [3.8, 4) is 0 Å². The Bertz CT molecular complexity index is 898. The van der Waals surface area contributed by atoms with E-state index in [1.54, 1.807) is 0 Å². The van der Waals surface area contributed by atoms with E-state index < -0.39 is 0 Å². The first-order valence-corrected chi connectivity index (χ1v) is 15.0. The third-order valence-corrected chi connectivity index (χ3v) is 7.41. The van der Waals surface area contributed by atoms with Gasteiger partial charge in [-0.25, -0.2) is 4.79 Å². The van der Waals surface area contributed by atoms with E-state index in [1.165, 1.54) is 51.4 Å². The predicted molar refractivity (Wildman–Crippen MR) is 159 cm³/mol. The number of amides is 1. The van der Waals surface area contributed by atoms with Crippen molar-refractivity contribution < 1.29 is 14.3 Å². The fourth-order valence-corrected chi connectivity index (χ4v) is 4.84. The number of piperazine rings is 1. The molecule has 0 atom stereocenters. The highest BCUT2D eigenvalue weighted by molar-refractivity contribution is 6.07. The summed E-state index contributed by atoms with van der Waals surface area (Å²) in [6.07, 6.45) is 23.3. The molecule has 0 radical (unpaired) electrons. The minimum Gasteiger partial charge on any atom is -0.462 e. The number of carbonyl (C=O) groups excluding carboxylic acids is 2. The Kier molecular flexibility index (Phi) is 15.7. The maximum absolute atomic E-state index is 13.3. The van der Waals surface area contributed by atoms with E-state index in [2.05, 4.69) is 43.2 Å². The third-order valence-electron chi connectivity index (χ3n) is 7.41. The number of ether oxygens (including phenoxy) is 1. The maximum atomic E-state index is 13.3. The summed E-state index contributed by atoms with van der Waals surface area (Å²) in [5.41, 5.74) is 2.58. The van der Waals surface area contributed by atoms with Crippen LogP contribution in [0.5, 0.6) is 0 Å². The lowest BCUT2D eigenvalue weighted by atomic mass is 9.96. The molecule has 1 aliphatic heterocycles. The minimum absolute atomic E-state index is 0.0556. The highest BCUT2D eigenvalue weighted by atomic mass is 16.5. The Hall–Kier alpha value is -2.40. The van der Waals surface area contributed by atoms with Crippen LogP contribution in [0.2, 0.25) is 0 Å². The summed E-state index contributed by atoms with van der Waals surface area (Å²) in [5.74, 6) is -0.425. The highest BCUT2D eigenvalue weighted by Gasteiger charge is 2.28. The molecule has 38 heavy (non-hydrogen) atoms. The number of esters is 1. The van der Waals surface area contributed by atoms with E-state index in [0.29, 0.717) is 30.8 Å². The smallest absolute Gasteiger partial charge is 0.339 e. The Labute approximate surface area is 232 Å². The SMILES string of the molecule is CCCCC/C=C/C/C=C/CCCCCCCCOC(=O)c1c(C)ccc(C)c1C(=O)N1CCN(C)CC1. The fourth-order valence-electron chi connectivity index (χ4n) is 4.84. The zero-order valence-electron chi connectivity index (χ0n) is 24.6. The van der Waals surface area contributed by atoms with Crippen LogP contribution in [0.25, 0.3) is 0 Å². The molecule has 1 amide bonds. The van der Waals surface area contributed by atoms with Crippen LogP contribution in [0.4, 0.5) is 0 Å². The van der Waals surface area contributed by atoms with Crippen LogP contribution in [0.3, 0.4) is 0 Å². The van der Waals surface area contributed by atoms with E-state index in [9.17, 15) is 9.59 Å². The number of hydrogen-bond acceptors (Lipinski definition) is 4. The van der Waals surface area contributed by atoms with Crippen LogP contribution in [-0.4, -0.2) is 61.5 Å². The second-order valence-corrected chi connectivity index (χ2v) is 10.8. The van der Waals surface area contributed by atoms with Gasteiger partial charge in [0.15, 0.2) is 0 Å². The molecule has 5 heteroatoms. The highest BCUT2D eigenvalue weighted by Crippen LogP contribution is 2.23. The molecule has 0 aliphatic carbocycles. The number of rotatable bonds is 17. The number of carbonyl (C=O) groups is 2. The van der Waals surface area contributed by atoms with Gasteiger partial charge in [-0.15, -0.1) is 0 Å². The van der Waals surface area contributed by atoms with Crippen LogP contribution in [0.15, 0.2) is 36.4 Å². The van der Waals surface area contributed by atoms with Gasteiger partial charge >= 0.3 is 5.97 Å². The van der Waals surface area contributed by atoms with Gasteiger partial charge in [0.1, 0.15) is 0 Å². The largest absolute Gasteiger partial charge is 0.462 e. The van der Waals surface area contributed by atoms with Gasteiger partial charge in [-0.1, -0.05) is 81.9 Å². The molecule has 1 aromatic rings. The monoisotopic (exact) mass is 524 g/mol. The standard InChI is InChI=1S/C33H52N2O3/c1-5-6-7-8-9-10-11-12-13-14-15-16-17-18-19-20-27-38-33(37)31-29(3)22-21-28(2)30(31)32(36)35-25-23-34(4)24-26-35/h9-10,12-13,21-22H,5-8,11,14-20,23-27H2,1-4H3/b10-9+,13-12+. The van der Waals surface area contributed by atoms with E-state index >= 15 is 0 Å². The predicted octanol–water partition coefficient (Wildman–Crippen LogP) is 7.66. The lowest BCUT2D eigenvalue weighted by Gasteiger charge is -2.33. The van der Waals surface area contributed by atoms with Gasteiger partial charge in [-0.3, -0.25) is 4.79 Å². The van der Waals surface area contributed by atoms with Gasteiger partial charge in [0.2, 0.25) is 0 Å². The zero-order chi connectivity index (χ0) is 27.6. The molecule has 0 N–H and O–H groups in total. The van der Waals surface area contributed by atoms with Gasteiger partial charge in [0.25, 0.3) is 5.91 Å². The van der Waals surface area contributed by atoms with Gasteiger partial charge in [0.05, 0.1) is 17.7 Å². The molecule has 1 heterocycles. The Morgan fingerprint density at radius 2 is 1.32 bits per heavy atom. The van der Waals surface area contributed by atoms with E-state index in [0.717, 1.165) is 49.9 Å². The molecular formula is C33H52N2O3. The average molecular weight is 525 g/mol. The van der Waals surface area contributed by atoms with Crippen LogP contribution < -0.4 is 0 Å². The van der Waals surface area contributed by atoms with Gasteiger partial charge in [0, 0.05) is 26.2 Å². The Balaban J connectivity index is 1.63. The van der Waals surface area contributed by atoms with Crippen LogP contribution in [0.1, 0.15) is 116 Å². The Morgan fingerprint density at radius 1 is 0.763 bits per heavy atom. The summed E-state index contributed by atoms with van der Waals surface area (Å²) >= 11 is 0. The second-order valence-electron chi connectivity index (χ2n) is 10.8. The number of allylic oxidation sites excluding steroid dienone is 4. The minimum atomic E-state index is -0.369. The maximum Gasteiger partial charge on any atom is 0.339 e. The molecule has 0 aromatic heterocycles. The number of aryl methyl sites for hydroxylation is 2. The van der Waals surface area contributed by atoms with Gasteiger partial charge in [-0.2, -0.15) is 0 Å². The van der Waals surface area contributed by atoms with Crippen LogP contribution in [-0.2, 0) is 4.74 Å². The van der Waals surface area contributed by atoms with E-state index in [1.807, 2.05) is 30.9 Å². The number of hydrogen-bond donors (Lipinski definition) is 0. The summed E-state index contributed by atoms with van der Waals surface area (Å²) in [6.45, 7) is 9.51. The van der Waals surface area contributed by atoms with Crippen molar-refractivity contribution in [2.75, 3.05) is 39.8 Å². The quantitative estimate of drug-likeness (QED) is 0.119. The number of benzene rings is 1. The second kappa shape index (κ2) is 18.8.